The quantitative estimate of drug-likeness (QED) is 0.725. The van der Waals surface area contributed by atoms with Crippen molar-refractivity contribution < 1.29 is 9.59 Å². The van der Waals surface area contributed by atoms with Crippen LogP contribution in [0.5, 0.6) is 0 Å². The lowest BCUT2D eigenvalue weighted by Gasteiger charge is -2.36. The van der Waals surface area contributed by atoms with Crippen molar-refractivity contribution in [3.8, 4) is 0 Å². The molecule has 1 amide bonds. The Labute approximate surface area is 186 Å². The van der Waals surface area contributed by atoms with Gasteiger partial charge < -0.3 is 5.32 Å². The van der Waals surface area contributed by atoms with Crippen molar-refractivity contribution in [2.75, 3.05) is 16.9 Å². The number of thioether (sulfide) groups is 1. The molecule has 3 aliphatic heterocycles. The van der Waals surface area contributed by atoms with Crippen molar-refractivity contribution in [1.29, 1.82) is 0 Å². The van der Waals surface area contributed by atoms with Gasteiger partial charge in [0, 0.05) is 34.8 Å². The van der Waals surface area contributed by atoms with Gasteiger partial charge in [-0.2, -0.15) is 0 Å². The van der Waals surface area contributed by atoms with Crippen molar-refractivity contribution >= 4 is 29.1 Å². The van der Waals surface area contributed by atoms with Gasteiger partial charge in [0.1, 0.15) is 5.54 Å². The first-order valence-electron chi connectivity index (χ1n) is 10.9. The third kappa shape index (κ3) is 2.66. The summed E-state index contributed by atoms with van der Waals surface area (Å²) in [5.41, 5.74) is 3.26. The second-order valence-electron chi connectivity index (χ2n) is 8.79. The molecule has 2 saturated heterocycles. The van der Waals surface area contributed by atoms with Crippen molar-refractivity contribution in [3.63, 3.8) is 0 Å². The number of nitrogens with zero attached hydrogens (tertiary/aromatic N) is 1. The fourth-order valence-corrected chi connectivity index (χ4v) is 7.40. The Morgan fingerprint density at radius 2 is 2.00 bits per heavy atom. The number of anilines is 1. The van der Waals surface area contributed by atoms with Gasteiger partial charge in [0.2, 0.25) is 5.91 Å². The molecular formula is C26H24N2O2S. The summed E-state index contributed by atoms with van der Waals surface area (Å²) in [5.74, 6) is 1.32. The third-order valence-electron chi connectivity index (χ3n) is 7.32. The van der Waals surface area contributed by atoms with Crippen molar-refractivity contribution in [1.82, 2.24) is 4.90 Å². The highest BCUT2D eigenvalue weighted by Gasteiger charge is 2.69. The van der Waals surface area contributed by atoms with Crippen LogP contribution in [0.15, 0.2) is 84.0 Å². The molecule has 0 aromatic heterocycles. The van der Waals surface area contributed by atoms with E-state index < -0.39 is 11.5 Å². The van der Waals surface area contributed by atoms with Gasteiger partial charge in [-0.25, -0.2) is 0 Å². The zero-order valence-corrected chi connectivity index (χ0v) is 18.0. The molecule has 2 fully saturated rings. The van der Waals surface area contributed by atoms with Crippen molar-refractivity contribution in [2.45, 2.75) is 24.4 Å². The van der Waals surface area contributed by atoms with Crippen molar-refractivity contribution in [2.24, 2.45) is 11.8 Å². The number of amides is 1. The second kappa shape index (κ2) is 7.21. The van der Waals surface area contributed by atoms with E-state index in [1.54, 1.807) is 6.08 Å². The SMILES string of the molecule is O=C(/C=C/C1=CC=CC1)[C@H]1[C@H](C2=CC=CC2)[C@H]2CSCN2[C@]12C(=O)Nc1ccccc12. The minimum absolute atomic E-state index is 0.0368. The Balaban J connectivity index is 1.51. The summed E-state index contributed by atoms with van der Waals surface area (Å²) in [7, 11) is 0. The normalized spacial score (nSPS) is 33.3. The van der Waals surface area contributed by atoms with Crippen LogP contribution in [0.25, 0.3) is 0 Å². The number of allylic oxidation sites excluding steroid dienone is 9. The Kier molecular flexibility index (Phi) is 4.44. The molecule has 4 nitrogen and oxygen atoms in total. The molecule has 31 heavy (non-hydrogen) atoms. The number of rotatable bonds is 4. The number of benzene rings is 1. The molecule has 156 valence electrons. The highest BCUT2D eigenvalue weighted by atomic mass is 32.2. The summed E-state index contributed by atoms with van der Waals surface area (Å²) in [4.78, 5) is 30.0. The fourth-order valence-electron chi connectivity index (χ4n) is 6.07. The Bertz CT molecular complexity index is 1130. The lowest BCUT2D eigenvalue weighted by atomic mass is 9.70. The summed E-state index contributed by atoms with van der Waals surface area (Å²) in [6.07, 6.45) is 17.9. The van der Waals surface area contributed by atoms with E-state index in [0.717, 1.165) is 41.3 Å². The van der Waals surface area contributed by atoms with Gasteiger partial charge >= 0.3 is 0 Å². The van der Waals surface area contributed by atoms with Gasteiger partial charge in [0.25, 0.3) is 0 Å². The van der Waals surface area contributed by atoms with Crippen LogP contribution in [-0.2, 0) is 15.1 Å². The van der Waals surface area contributed by atoms with Crippen molar-refractivity contribution in [3.05, 3.63) is 89.6 Å². The van der Waals surface area contributed by atoms with Gasteiger partial charge in [0.05, 0.1) is 5.92 Å². The van der Waals surface area contributed by atoms with Crippen LogP contribution in [0.4, 0.5) is 5.69 Å². The molecule has 4 atom stereocenters. The van der Waals surface area contributed by atoms with E-state index in [9.17, 15) is 9.59 Å². The van der Waals surface area contributed by atoms with Crippen LogP contribution in [0.3, 0.4) is 0 Å². The number of para-hydroxylation sites is 1. The highest BCUT2D eigenvalue weighted by molar-refractivity contribution is 7.99. The predicted octanol–water partition coefficient (Wildman–Crippen LogP) is 4.35. The second-order valence-corrected chi connectivity index (χ2v) is 9.79. The number of fused-ring (bicyclic) bond motifs is 4. The maximum atomic E-state index is 13.9. The topological polar surface area (TPSA) is 49.4 Å². The number of ketones is 1. The van der Waals surface area contributed by atoms with Crippen LogP contribution in [0, 0.1) is 11.8 Å². The van der Waals surface area contributed by atoms with Crippen LogP contribution in [0.1, 0.15) is 18.4 Å². The minimum Gasteiger partial charge on any atom is -0.324 e. The maximum absolute atomic E-state index is 13.9. The van der Waals surface area contributed by atoms with Crippen LogP contribution in [0.2, 0.25) is 0 Å². The molecule has 6 rings (SSSR count). The predicted molar refractivity (Wildman–Crippen MR) is 125 cm³/mol. The largest absolute Gasteiger partial charge is 0.324 e. The van der Waals surface area contributed by atoms with E-state index in [-0.39, 0.29) is 23.7 Å². The molecule has 5 heteroatoms. The van der Waals surface area contributed by atoms with E-state index in [1.807, 2.05) is 54.3 Å². The number of carbonyl (C=O) groups is 2. The summed E-state index contributed by atoms with van der Waals surface area (Å²) in [6, 6.07) is 8.10. The molecule has 1 aromatic rings. The van der Waals surface area contributed by atoms with Gasteiger partial charge in [-0.05, 0) is 30.6 Å². The Morgan fingerprint density at radius 1 is 1.16 bits per heavy atom. The van der Waals surface area contributed by atoms with E-state index in [1.165, 1.54) is 5.57 Å². The fraction of sp³-hybridized carbons (Fsp3) is 0.308. The standard InChI is InChI=1S/C26H24N2O2S/c29-22(14-13-17-7-1-2-8-17)24-23(18-9-3-4-10-18)21-15-31-16-28(21)26(24)19-11-5-6-12-20(19)27-25(26)30/h1-7,9,11-14,21,23-24H,8,10,15-16H2,(H,27,30)/b14-13+/t21-,23-,24+,26+/m1/s1. The molecule has 0 bridgehead atoms. The van der Waals surface area contributed by atoms with Gasteiger partial charge in [-0.3, -0.25) is 14.5 Å². The molecule has 3 heterocycles. The molecule has 1 N–H and O–H groups in total. The number of hydrogen-bond acceptors (Lipinski definition) is 4. The van der Waals surface area contributed by atoms with E-state index in [2.05, 4.69) is 34.5 Å². The summed E-state index contributed by atoms with van der Waals surface area (Å²) >= 11 is 1.87. The maximum Gasteiger partial charge on any atom is 0.250 e. The highest BCUT2D eigenvalue weighted by Crippen LogP contribution is 2.60. The summed E-state index contributed by atoms with van der Waals surface area (Å²) in [5, 5.41) is 3.11. The summed E-state index contributed by atoms with van der Waals surface area (Å²) in [6.45, 7) is 0. The molecule has 1 aromatic carbocycles. The first kappa shape index (κ1) is 19.1. The smallest absolute Gasteiger partial charge is 0.250 e. The molecule has 0 unspecified atom stereocenters. The summed E-state index contributed by atoms with van der Waals surface area (Å²) < 4.78 is 0. The molecule has 0 saturated carbocycles. The van der Waals surface area contributed by atoms with Gasteiger partial charge in [-0.1, -0.05) is 66.3 Å². The average molecular weight is 429 g/mol. The molecular weight excluding hydrogens is 404 g/mol. The zero-order chi connectivity index (χ0) is 21.0. The molecule has 2 aliphatic carbocycles. The Hall–Kier alpha value is -2.63. The van der Waals surface area contributed by atoms with Gasteiger partial charge in [0.15, 0.2) is 5.78 Å². The Morgan fingerprint density at radius 3 is 2.81 bits per heavy atom. The molecule has 5 aliphatic rings. The first-order chi connectivity index (χ1) is 15.2. The van der Waals surface area contributed by atoms with E-state index in [4.69, 9.17) is 0 Å². The average Bonchev–Trinajstić information content (AvgIpc) is 3.58. The lowest BCUT2D eigenvalue weighted by Crippen LogP contribution is -2.52. The van der Waals surface area contributed by atoms with E-state index >= 15 is 0 Å². The zero-order valence-electron chi connectivity index (χ0n) is 17.2. The molecule has 0 radical (unpaired) electrons. The van der Waals surface area contributed by atoms with Gasteiger partial charge in [-0.15, -0.1) is 11.8 Å². The first-order valence-corrected chi connectivity index (χ1v) is 12.1. The molecule has 1 spiro atoms. The number of carbonyl (C=O) groups excluding carboxylic acids is 2. The minimum atomic E-state index is -0.942. The monoisotopic (exact) mass is 428 g/mol. The number of hydrogen-bond donors (Lipinski definition) is 1. The third-order valence-corrected chi connectivity index (χ3v) is 8.36. The lowest BCUT2D eigenvalue weighted by molar-refractivity contribution is -0.134. The van der Waals surface area contributed by atoms with Crippen LogP contribution < -0.4 is 5.32 Å². The van der Waals surface area contributed by atoms with Crippen LogP contribution in [-0.4, -0.2) is 34.3 Å². The van der Waals surface area contributed by atoms with Crippen LogP contribution >= 0.6 is 11.8 Å². The van der Waals surface area contributed by atoms with E-state index in [0.29, 0.717) is 0 Å². The number of nitrogens with one attached hydrogen (secondary N) is 1.